The van der Waals surface area contributed by atoms with E-state index in [4.69, 9.17) is 4.74 Å². The van der Waals surface area contributed by atoms with Crippen LogP contribution in [0.4, 0.5) is 14.5 Å². The Bertz CT molecular complexity index is 973. The lowest BCUT2D eigenvalue weighted by atomic mass is 10.1. The monoisotopic (exact) mass is 371 g/mol. The molecule has 0 bridgehead atoms. The van der Waals surface area contributed by atoms with Gasteiger partial charge in [0, 0.05) is 37.3 Å². The third-order valence-electron chi connectivity index (χ3n) is 4.96. The molecule has 2 heterocycles. The number of halogens is 2. The number of alkyl halides is 2. The lowest BCUT2D eigenvalue weighted by Gasteiger charge is -2.33. The fraction of sp³-hybridized carbons (Fsp3) is 0.300. The lowest BCUT2D eigenvalue weighted by Crippen LogP contribution is -2.39. The van der Waals surface area contributed by atoms with Gasteiger partial charge in [-0.2, -0.15) is 0 Å². The Kier molecular flexibility index (Phi) is 4.30. The zero-order valence-electron chi connectivity index (χ0n) is 14.9. The zero-order chi connectivity index (χ0) is 19.0. The van der Waals surface area contributed by atoms with Gasteiger partial charge in [-0.3, -0.25) is 4.57 Å². The quantitative estimate of drug-likeness (QED) is 0.652. The van der Waals surface area contributed by atoms with E-state index < -0.39 is 11.9 Å². The molecule has 0 aliphatic carbocycles. The maximum atomic E-state index is 13.3. The smallest absolute Gasteiger partial charge is 0.337 e. The number of rotatable bonds is 3. The van der Waals surface area contributed by atoms with Crippen molar-refractivity contribution in [3.63, 3.8) is 0 Å². The number of imidazole rings is 1. The summed E-state index contributed by atoms with van der Waals surface area (Å²) in [6.07, 6.45) is 1.47. The molecule has 0 amide bonds. The molecule has 4 rings (SSSR count). The van der Waals surface area contributed by atoms with Gasteiger partial charge >= 0.3 is 5.97 Å². The minimum Gasteiger partial charge on any atom is -0.465 e. The summed E-state index contributed by atoms with van der Waals surface area (Å²) in [7, 11) is 1.35. The number of hydrogen-bond donors (Lipinski definition) is 0. The fourth-order valence-corrected chi connectivity index (χ4v) is 3.37. The van der Waals surface area contributed by atoms with Gasteiger partial charge in [0.25, 0.3) is 5.92 Å². The highest BCUT2D eigenvalue weighted by Gasteiger charge is 2.33. The molecular weight excluding hydrogens is 352 g/mol. The first-order chi connectivity index (χ1) is 13.0. The van der Waals surface area contributed by atoms with Crippen LogP contribution < -0.4 is 4.90 Å². The predicted octanol–water partition coefficient (Wildman–Crippen LogP) is 4.05. The maximum Gasteiger partial charge on any atom is 0.337 e. The van der Waals surface area contributed by atoms with Crippen molar-refractivity contribution in [2.24, 2.45) is 0 Å². The van der Waals surface area contributed by atoms with E-state index in [0.29, 0.717) is 18.7 Å². The van der Waals surface area contributed by atoms with Crippen LogP contribution in [0.25, 0.3) is 16.7 Å². The second-order valence-corrected chi connectivity index (χ2v) is 6.67. The minimum absolute atomic E-state index is 0.114. The summed E-state index contributed by atoms with van der Waals surface area (Å²) in [4.78, 5) is 18.1. The molecule has 0 atom stereocenters. The second-order valence-electron chi connectivity index (χ2n) is 6.67. The molecule has 7 heteroatoms. The van der Waals surface area contributed by atoms with Crippen molar-refractivity contribution in [3.05, 3.63) is 54.4 Å². The number of piperidine rings is 1. The average molecular weight is 371 g/mol. The van der Waals surface area contributed by atoms with Crippen LogP contribution in [0, 0.1) is 0 Å². The molecule has 0 N–H and O–H groups in total. The summed E-state index contributed by atoms with van der Waals surface area (Å²) in [6, 6.07) is 12.9. The van der Waals surface area contributed by atoms with Gasteiger partial charge in [0.1, 0.15) is 6.33 Å². The Morgan fingerprint density at radius 3 is 2.41 bits per heavy atom. The van der Waals surface area contributed by atoms with Crippen molar-refractivity contribution >= 4 is 22.7 Å². The predicted molar refractivity (Wildman–Crippen MR) is 98.8 cm³/mol. The standard InChI is InChI=1S/C20H19F2N3O2/c1-27-19(26)14-2-7-17-18(12-14)25(13-23-17)16-5-3-15(4-6-16)24-10-8-20(21,22)9-11-24/h2-7,12-13H,8-11H2,1H3. The van der Waals surface area contributed by atoms with E-state index in [-0.39, 0.29) is 12.8 Å². The topological polar surface area (TPSA) is 47.4 Å². The highest BCUT2D eigenvalue weighted by molar-refractivity contribution is 5.94. The molecule has 1 aliphatic heterocycles. The van der Waals surface area contributed by atoms with Crippen molar-refractivity contribution < 1.29 is 18.3 Å². The average Bonchev–Trinajstić information content (AvgIpc) is 3.11. The Morgan fingerprint density at radius 2 is 1.74 bits per heavy atom. The van der Waals surface area contributed by atoms with Crippen LogP contribution in [-0.2, 0) is 4.74 Å². The van der Waals surface area contributed by atoms with Gasteiger partial charge in [-0.05, 0) is 42.5 Å². The largest absolute Gasteiger partial charge is 0.465 e. The van der Waals surface area contributed by atoms with Gasteiger partial charge < -0.3 is 9.64 Å². The number of esters is 1. The number of benzene rings is 2. The van der Waals surface area contributed by atoms with Crippen molar-refractivity contribution in [2.45, 2.75) is 18.8 Å². The SMILES string of the molecule is COC(=O)c1ccc2ncn(-c3ccc(N4CCC(F)(F)CC4)cc3)c2c1. The highest BCUT2D eigenvalue weighted by atomic mass is 19.3. The van der Waals surface area contributed by atoms with Crippen LogP contribution >= 0.6 is 0 Å². The Hall–Kier alpha value is -2.96. The van der Waals surface area contributed by atoms with E-state index in [1.54, 1.807) is 24.5 Å². The Morgan fingerprint density at radius 1 is 1.07 bits per heavy atom. The molecule has 2 aromatic carbocycles. The minimum atomic E-state index is -2.55. The number of anilines is 1. The fourth-order valence-electron chi connectivity index (χ4n) is 3.37. The second kappa shape index (κ2) is 6.64. The molecule has 5 nitrogen and oxygen atoms in total. The van der Waals surface area contributed by atoms with Crippen LogP contribution in [0.3, 0.4) is 0 Å². The van der Waals surface area contributed by atoms with E-state index in [2.05, 4.69) is 4.98 Å². The molecule has 1 fully saturated rings. The number of carbonyl (C=O) groups excluding carboxylic acids is 1. The molecule has 0 radical (unpaired) electrons. The summed E-state index contributed by atoms with van der Waals surface area (Å²) in [6.45, 7) is 0.700. The highest BCUT2D eigenvalue weighted by Crippen LogP contribution is 2.31. The van der Waals surface area contributed by atoms with E-state index >= 15 is 0 Å². The van der Waals surface area contributed by atoms with Crippen LogP contribution in [0.5, 0.6) is 0 Å². The first-order valence-electron chi connectivity index (χ1n) is 8.75. The molecule has 1 saturated heterocycles. The molecule has 1 aliphatic rings. The lowest BCUT2D eigenvalue weighted by molar-refractivity contribution is -0.0220. The molecular formula is C20H19F2N3O2. The normalized spacial score (nSPS) is 16.5. The van der Waals surface area contributed by atoms with Gasteiger partial charge in [0.05, 0.1) is 23.7 Å². The van der Waals surface area contributed by atoms with Gasteiger partial charge in [0.2, 0.25) is 0 Å². The number of ether oxygens (including phenoxy) is 1. The molecule has 0 saturated carbocycles. The third kappa shape index (κ3) is 3.37. The summed E-state index contributed by atoms with van der Waals surface area (Å²) in [5.74, 6) is -2.95. The molecule has 1 aromatic heterocycles. The number of nitrogens with zero attached hydrogens (tertiary/aromatic N) is 3. The van der Waals surface area contributed by atoms with Gasteiger partial charge in [-0.25, -0.2) is 18.6 Å². The van der Waals surface area contributed by atoms with Crippen LogP contribution in [0.15, 0.2) is 48.8 Å². The summed E-state index contributed by atoms with van der Waals surface area (Å²) < 4.78 is 33.3. The number of aromatic nitrogens is 2. The van der Waals surface area contributed by atoms with Crippen LogP contribution in [-0.4, -0.2) is 41.6 Å². The van der Waals surface area contributed by atoms with E-state index in [1.165, 1.54) is 7.11 Å². The van der Waals surface area contributed by atoms with Gasteiger partial charge in [0.15, 0.2) is 0 Å². The van der Waals surface area contributed by atoms with Crippen molar-refractivity contribution in [3.8, 4) is 5.69 Å². The van der Waals surface area contributed by atoms with E-state index in [1.807, 2.05) is 33.7 Å². The van der Waals surface area contributed by atoms with Gasteiger partial charge in [-0.15, -0.1) is 0 Å². The molecule has 140 valence electrons. The summed E-state index contributed by atoms with van der Waals surface area (Å²) in [5, 5.41) is 0. The number of methoxy groups -OCH3 is 1. The van der Waals surface area contributed by atoms with Crippen molar-refractivity contribution in [1.29, 1.82) is 0 Å². The zero-order valence-corrected chi connectivity index (χ0v) is 14.9. The number of carbonyl (C=O) groups is 1. The van der Waals surface area contributed by atoms with Crippen molar-refractivity contribution in [1.82, 2.24) is 9.55 Å². The first kappa shape index (κ1) is 17.5. The Balaban J connectivity index is 1.61. The van der Waals surface area contributed by atoms with Crippen LogP contribution in [0.1, 0.15) is 23.2 Å². The summed E-state index contributed by atoms with van der Waals surface area (Å²) >= 11 is 0. The number of hydrogen-bond acceptors (Lipinski definition) is 4. The van der Waals surface area contributed by atoms with E-state index in [9.17, 15) is 13.6 Å². The number of fused-ring (bicyclic) bond motifs is 1. The summed E-state index contributed by atoms with van der Waals surface area (Å²) in [5.41, 5.74) is 3.82. The Labute approximate surface area is 155 Å². The van der Waals surface area contributed by atoms with Crippen LogP contribution in [0.2, 0.25) is 0 Å². The van der Waals surface area contributed by atoms with E-state index in [0.717, 1.165) is 22.4 Å². The van der Waals surface area contributed by atoms with Gasteiger partial charge in [-0.1, -0.05) is 0 Å². The first-order valence-corrected chi connectivity index (χ1v) is 8.75. The molecule has 0 spiro atoms. The molecule has 27 heavy (non-hydrogen) atoms. The van der Waals surface area contributed by atoms with Crippen molar-refractivity contribution in [2.75, 3.05) is 25.1 Å². The third-order valence-corrected chi connectivity index (χ3v) is 4.96. The molecule has 3 aromatic rings. The molecule has 0 unspecified atom stereocenters. The maximum absolute atomic E-state index is 13.3.